The summed E-state index contributed by atoms with van der Waals surface area (Å²) in [7, 11) is 1.50. The van der Waals surface area contributed by atoms with Gasteiger partial charge in [-0.2, -0.15) is 0 Å². The molecule has 0 heterocycles. The maximum absolute atomic E-state index is 13.7. The van der Waals surface area contributed by atoms with Gasteiger partial charge in [-0.25, -0.2) is 9.18 Å². The first kappa shape index (κ1) is 13.9. The van der Waals surface area contributed by atoms with Gasteiger partial charge in [-0.3, -0.25) is 0 Å². The second kappa shape index (κ2) is 5.61. The van der Waals surface area contributed by atoms with Gasteiger partial charge in [0.2, 0.25) is 0 Å². The van der Waals surface area contributed by atoms with Crippen molar-refractivity contribution in [3.63, 3.8) is 0 Å². The lowest BCUT2D eigenvalue weighted by Crippen LogP contribution is -2.01. The lowest BCUT2D eigenvalue weighted by molar-refractivity contribution is 0.0696. The number of hydrogen-bond acceptors (Lipinski definition) is 3. The molecule has 0 aromatic heterocycles. The third-order valence-corrected chi connectivity index (χ3v) is 2.91. The van der Waals surface area contributed by atoms with Crippen LogP contribution in [0.1, 0.15) is 15.9 Å². The average Bonchev–Trinajstić information content (AvgIpc) is 2.41. The molecule has 0 saturated heterocycles. The molecule has 0 aliphatic carbocycles. The highest BCUT2D eigenvalue weighted by Gasteiger charge is 2.09. The highest BCUT2D eigenvalue weighted by atomic mass is 19.1. The maximum Gasteiger partial charge on any atom is 0.335 e. The van der Waals surface area contributed by atoms with Crippen LogP contribution in [0, 0.1) is 12.7 Å². The van der Waals surface area contributed by atoms with E-state index in [-0.39, 0.29) is 11.3 Å². The van der Waals surface area contributed by atoms with Gasteiger partial charge in [0.25, 0.3) is 0 Å². The van der Waals surface area contributed by atoms with Gasteiger partial charge in [0, 0.05) is 11.8 Å². The van der Waals surface area contributed by atoms with Gasteiger partial charge >= 0.3 is 5.97 Å². The summed E-state index contributed by atoms with van der Waals surface area (Å²) in [5.74, 6) is -0.861. The molecule has 4 nitrogen and oxygen atoms in total. The van der Waals surface area contributed by atoms with Gasteiger partial charge < -0.3 is 15.2 Å². The van der Waals surface area contributed by atoms with Crippen LogP contribution in [0.5, 0.6) is 5.75 Å². The zero-order valence-corrected chi connectivity index (χ0v) is 11.1. The summed E-state index contributed by atoms with van der Waals surface area (Å²) in [4.78, 5) is 10.9. The number of anilines is 2. The number of methoxy groups -OCH3 is 1. The van der Waals surface area contributed by atoms with Crippen molar-refractivity contribution in [3.8, 4) is 5.75 Å². The van der Waals surface area contributed by atoms with E-state index in [0.29, 0.717) is 17.0 Å². The van der Waals surface area contributed by atoms with Crippen molar-refractivity contribution in [2.75, 3.05) is 12.4 Å². The van der Waals surface area contributed by atoms with E-state index in [1.54, 1.807) is 19.1 Å². The second-order valence-electron chi connectivity index (χ2n) is 4.31. The van der Waals surface area contributed by atoms with E-state index in [1.807, 2.05) is 0 Å². The first-order chi connectivity index (χ1) is 9.51. The number of nitrogens with one attached hydrogen (secondary N) is 1. The lowest BCUT2D eigenvalue weighted by atomic mass is 10.1. The molecular weight excluding hydrogens is 261 g/mol. The van der Waals surface area contributed by atoms with Crippen LogP contribution in [-0.2, 0) is 0 Å². The van der Waals surface area contributed by atoms with Gasteiger partial charge in [-0.15, -0.1) is 0 Å². The Morgan fingerprint density at radius 1 is 1.25 bits per heavy atom. The van der Waals surface area contributed by atoms with Gasteiger partial charge in [0.1, 0.15) is 11.6 Å². The largest absolute Gasteiger partial charge is 0.497 e. The molecule has 0 amide bonds. The molecule has 2 N–H and O–H groups in total. The van der Waals surface area contributed by atoms with E-state index in [4.69, 9.17) is 9.84 Å². The standard InChI is InChI=1S/C15H14FNO3/c1-9-7-10(3-5-12(9)15(18)19)17-14-8-11(20-2)4-6-13(14)16/h3-8,17H,1-2H3,(H,18,19). The first-order valence-corrected chi connectivity index (χ1v) is 5.96. The summed E-state index contributed by atoms with van der Waals surface area (Å²) in [5.41, 5.74) is 1.71. The van der Waals surface area contributed by atoms with Crippen molar-refractivity contribution in [1.82, 2.24) is 0 Å². The quantitative estimate of drug-likeness (QED) is 0.895. The number of ether oxygens (including phenoxy) is 1. The highest BCUT2D eigenvalue weighted by Crippen LogP contribution is 2.25. The Hall–Kier alpha value is -2.56. The van der Waals surface area contributed by atoms with Crippen molar-refractivity contribution >= 4 is 17.3 Å². The second-order valence-corrected chi connectivity index (χ2v) is 4.31. The summed E-state index contributed by atoms with van der Waals surface area (Å²) >= 11 is 0. The van der Waals surface area contributed by atoms with Gasteiger partial charge in [0.05, 0.1) is 18.4 Å². The minimum absolute atomic E-state index is 0.224. The molecule has 2 rings (SSSR count). The smallest absolute Gasteiger partial charge is 0.335 e. The third-order valence-electron chi connectivity index (χ3n) is 2.91. The summed E-state index contributed by atoms with van der Waals surface area (Å²) in [5, 5.41) is 11.9. The Kier molecular flexibility index (Phi) is 3.89. The number of carboxylic acids is 1. The van der Waals surface area contributed by atoms with E-state index in [1.165, 1.54) is 31.4 Å². The van der Waals surface area contributed by atoms with Crippen LogP contribution < -0.4 is 10.1 Å². The van der Waals surface area contributed by atoms with Crippen LogP contribution in [0.25, 0.3) is 0 Å². The number of halogens is 1. The topological polar surface area (TPSA) is 58.6 Å². The maximum atomic E-state index is 13.7. The highest BCUT2D eigenvalue weighted by molar-refractivity contribution is 5.90. The Morgan fingerprint density at radius 3 is 2.60 bits per heavy atom. The van der Waals surface area contributed by atoms with Crippen molar-refractivity contribution in [2.24, 2.45) is 0 Å². The monoisotopic (exact) mass is 275 g/mol. The van der Waals surface area contributed by atoms with Crippen LogP contribution in [-0.4, -0.2) is 18.2 Å². The molecule has 0 aliphatic rings. The van der Waals surface area contributed by atoms with E-state index in [2.05, 4.69) is 5.32 Å². The molecule has 5 heteroatoms. The zero-order chi connectivity index (χ0) is 14.7. The molecule has 0 fully saturated rings. The van der Waals surface area contributed by atoms with Gasteiger partial charge in [-0.05, 0) is 42.8 Å². The van der Waals surface area contributed by atoms with Gasteiger partial charge in [-0.1, -0.05) is 0 Å². The minimum atomic E-state index is -0.985. The van der Waals surface area contributed by atoms with E-state index >= 15 is 0 Å². The van der Waals surface area contributed by atoms with Crippen LogP contribution in [0.3, 0.4) is 0 Å². The molecule has 0 bridgehead atoms. The molecule has 104 valence electrons. The Balaban J connectivity index is 2.30. The van der Waals surface area contributed by atoms with E-state index in [9.17, 15) is 9.18 Å². The van der Waals surface area contributed by atoms with E-state index in [0.717, 1.165) is 0 Å². The molecule has 2 aromatic carbocycles. The summed E-state index contributed by atoms with van der Waals surface area (Å²) < 4.78 is 18.7. The Bertz CT molecular complexity index is 656. The average molecular weight is 275 g/mol. The fourth-order valence-corrected chi connectivity index (χ4v) is 1.86. The predicted molar refractivity (Wildman–Crippen MR) is 74.4 cm³/mol. The summed E-state index contributed by atoms with van der Waals surface area (Å²) in [6.45, 7) is 1.69. The first-order valence-electron chi connectivity index (χ1n) is 5.96. The number of rotatable bonds is 4. The van der Waals surface area contributed by atoms with Crippen LogP contribution >= 0.6 is 0 Å². The van der Waals surface area contributed by atoms with Gasteiger partial charge in [0.15, 0.2) is 0 Å². The number of carboxylic acid groups (broad SMARTS) is 1. The SMILES string of the molecule is COc1ccc(F)c(Nc2ccc(C(=O)O)c(C)c2)c1. The summed E-state index contributed by atoms with van der Waals surface area (Å²) in [6.07, 6.45) is 0. The summed E-state index contributed by atoms with van der Waals surface area (Å²) in [6, 6.07) is 9.10. The van der Waals surface area contributed by atoms with Crippen LogP contribution in [0.2, 0.25) is 0 Å². The Morgan fingerprint density at radius 2 is 2.00 bits per heavy atom. The van der Waals surface area contributed by atoms with Crippen LogP contribution in [0.15, 0.2) is 36.4 Å². The number of hydrogen-bond donors (Lipinski definition) is 2. The van der Waals surface area contributed by atoms with Crippen molar-refractivity contribution in [1.29, 1.82) is 0 Å². The molecule has 0 atom stereocenters. The number of aromatic carboxylic acids is 1. The number of carbonyl (C=O) groups is 1. The molecule has 0 unspecified atom stereocenters. The Labute approximate surface area is 115 Å². The number of aryl methyl sites for hydroxylation is 1. The predicted octanol–water partition coefficient (Wildman–Crippen LogP) is 3.58. The fraction of sp³-hybridized carbons (Fsp3) is 0.133. The molecule has 2 aromatic rings. The normalized spacial score (nSPS) is 10.2. The molecule has 0 spiro atoms. The third kappa shape index (κ3) is 2.88. The van der Waals surface area contributed by atoms with Crippen molar-refractivity contribution < 1.29 is 19.0 Å². The number of benzene rings is 2. The molecule has 0 aliphatic heterocycles. The van der Waals surface area contributed by atoms with Crippen molar-refractivity contribution in [3.05, 3.63) is 53.3 Å². The van der Waals surface area contributed by atoms with Crippen molar-refractivity contribution in [2.45, 2.75) is 6.92 Å². The zero-order valence-electron chi connectivity index (χ0n) is 11.1. The minimum Gasteiger partial charge on any atom is -0.497 e. The lowest BCUT2D eigenvalue weighted by Gasteiger charge is -2.11. The van der Waals surface area contributed by atoms with Crippen LogP contribution in [0.4, 0.5) is 15.8 Å². The molecular formula is C15H14FNO3. The molecule has 0 saturated carbocycles. The molecule has 0 radical (unpaired) electrons. The fourth-order valence-electron chi connectivity index (χ4n) is 1.86. The van der Waals surface area contributed by atoms with E-state index < -0.39 is 11.8 Å². The molecule has 20 heavy (non-hydrogen) atoms.